The zero-order valence-corrected chi connectivity index (χ0v) is 36.6. The molecule has 322 valence electrons. The smallest absolute Gasteiger partial charge is 0.387 e. The third-order valence-electron chi connectivity index (χ3n) is 10.6. The predicted molar refractivity (Wildman–Crippen MR) is 231 cm³/mol. The van der Waals surface area contributed by atoms with E-state index < -0.39 is 20.0 Å². The highest BCUT2D eigenvalue weighted by Gasteiger charge is 2.26. The Morgan fingerprint density at radius 1 is 0.593 bits per heavy atom. The summed E-state index contributed by atoms with van der Waals surface area (Å²) in [6, 6.07) is -0.853. The lowest BCUT2D eigenvalue weighted by Gasteiger charge is -2.23. The molecule has 0 aromatic rings. The van der Waals surface area contributed by atoms with Gasteiger partial charge in [0, 0.05) is 13.0 Å². The predicted octanol–water partition coefficient (Wildman–Crippen LogP) is 13.2. The number of nitrogens with one attached hydrogen (secondary N) is 1. The molecule has 0 saturated carbocycles. The van der Waals surface area contributed by atoms with Crippen LogP contribution in [0.4, 0.5) is 0 Å². The van der Waals surface area contributed by atoms with Crippen molar-refractivity contribution in [2.75, 3.05) is 19.8 Å². The maximum Gasteiger partial charge on any atom is 0.472 e. The Kier molecular flexibility index (Phi) is 41.3. The summed E-state index contributed by atoms with van der Waals surface area (Å²) in [4.78, 5) is 22.7. The van der Waals surface area contributed by atoms with Crippen LogP contribution in [-0.2, 0) is 18.4 Å². The Labute approximate surface area is 335 Å². The van der Waals surface area contributed by atoms with Crippen molar-refractivity contribution in [1.29, 1.82) is 0 Å². The first-order valence-electron chi connectivity index (χ1n) is 23.3. The molecule has 0 fully saturated rings. The second-order valence-corrected chi connectivity index (χ2v) is 17.4. The zero-order chi connectivity index (χ0) is 39.6. The molecule has 0 aliphatic carbocycles. The van der Waals surface area contributed by atoms with Gasteiger partial charge in [0.15, 0.2) is 0 Å². The molecule has 9 heteroatoms. The highest BCUT2D eigenvalue weighted by atomic mass is 31.2. The first kappa shape index (κ1) is 53.2. The van der Waals surface area contributed by atoms with Crippen LogP contribution in [0.25, 0.3) is 0 Å². The van der Waals surface area contributed by atoms with Crippen LogP contribution < -0.4 is 11.1 Å². The van der Waals surface area contributed by atoms with Crippen LogP contribution in [-0.4, -0.2) is 47.8 Å². The highest BCUT2D eigenvalue weighted by molar-refractivity contribution is 7.47. The van der Waals surface area contributed by atoms with Crippen molar-refractivity contribution in [1.82, 2.24) is 5.32 Å². The number of hydrogen-bond acceptors (Lipinski definition) is 6. The topological polar surface area (TPSA) is 131 Å². The third kappa shape index (κ3) is 39.5. The van der Waals surface area contributed by atoms with E-state index in [1.807, 2.05) is 6.08 Å². The minimum absolute atomic E-state index is 0.0811. The van der Waals surface area contributed by atoms with Crippen molar-refractivity contribution in [2.45, 2.75) is 251 Å². The Hall–Kier alpha value is -0.760. The summed E-state index contributed by atoms with van der Waals surface area (Å²) in [6.45, 7) is 4.14. The van der Waals surface area contributed by atoms with Crippen molar-refractivity contribution in [3.8, 4) is 0 Å². The van der Waals surface area contributed by atoms with E-state index in [4.69, 9.17) is 14.8 Å². The maximum absolute atomic E-state index is 12.7. The molecule has 0 bridgehead atoms. The molecule has 0 aliphatic rings. The number of rotatable bonds is 44. The minimum atomic E-state index is -4.33. The molecular weight excluding hydrogens is 695 g/mol. The summed E-state index contributed by atoms with van der Waals surface area (Å²) < 4.78 is 22.1. The van der Waals surface area contributed by atoms with E-state index in [0.29, 0.717) is 6.42 Å². The van der Waals surface area contributed by atoms with E-state index in [9.17, 15) is 19.4 Å². The fourth-order valence-electron chi connectivity index (χ4n) is 7.07. The van der Waals surface area contributed by atoms with Crippen LogP contribution in [0.15, 0.2) is 12.2 Å². The zero-order valence-electron chi connectivity index (χ0n) is 35.7. The van der Waals surface area contributed by atoms with E-state index in [1.54, 1.807) is 6.08 Å². The van der Waals surface area contributed by atoms with Crippen LogP contribution >= 0.6 is 7.82 Å². The van der Waals surface area contributed by atoms with Gasteiger partial charge in [0.25, 0.3) is 0 Å². The number of hydrogen-bond donors (Lipinski definition) is 4. The van der Waals surface area contributed by atoms with Gasteiger partial charge in [0.05, 0.1) is 25.4 Å². The van der Waals surface area contributed by atoms with E-state index in [0.717, 1.165) is 38.5 Å². The van der Waals surface area contributed by atoms with Crippen LogP contribution in [0, 0.1) is 0 Å². The van der Waals surface area contributed by atoms with Crippen molar-refractivity contribution in [2.24, 2.45) is 5.73 Å². The Morgan fingerprint density at radius 2 is 0.944 bits per heavy atom. The van der Waals surface area contributed by atoms with Crippen LogP contribution in [0.2, 0.25) is 0 Å². The van der Waals surface area contributed by atoms with Crippen molar-refractivity contribution < 1.29 is 28.4 Å². The molecule has 0 heterocycles. The molecule has 0 radical (unpaired) electrons. The summed E-state index contributed by atoms with van der Waals surface area (Å²) in [5.41, 5.74) is 5.37. The molecule has 0 rings (SSSR count). The van der Waals surface area contributed by atoms with E-state index in [-0.39, 0.29) is 25.7 Å². The SMILES string of the molecule is CCCCCCCCCC/C=C/[C@@H](O)[C@H](COP(=O)(O)OCCN)NC(=O)CCCCCCCCCCCCCCCCCCCCCCCCCCC. The molecule has 0 aliphatic heterocycles. The molecule has 8 nitrogen and oxygen atoms in total. The molecule has 0 spiro atoms. The van der Waals surface area contributed by atoms with Crippen LogP contribution in [0.5, 0.6) is 0 Å². The van der Waals surface area contributed by atoms with Gasteiger partial charge in [-0.2, -0.15) is 0 Å². The molecule has 1 amide bonds. The second-order valence-electron chi connectivity index (χ2n) is 16.0. The van der Waals surface area contributed by atoms with Gasteiger partial charge >= 0.3 is 7.82 Å². The van der Waals surface area contributed by atoms with Gasteiger partial charge in [-0.15, -0.1) is 0 Å². The number of phosphoric acid groups is 1. The minimum Gasteiger partial charge on any atom is -0.387 e. The number of aliphatic hydroxyl groups is 1. The standard InChI is InChI=1S/C45H91N2O6P/c1-3-5-7-9-11-13-15-16-17-18-19-20-21-22-23-24-25-26-27-28-29-31-33-35-37-39-45(49)47-43(42-53-54(50,51)52-41-40-46)44(48)38-36-34-32-30-14-12-10-8-6-4-2/h36,38,43-44,48H,3-35,37,39-42,46H2,1-2H3,(H,47,49)(H,50,51)/b38-36+/t43-,44+/m0/s1. The van der Waals surface area contributed by atoms with Crippen LogP contribution in [0.3, 0.4) is 0 Å². The number of nitrogens with two attached hydrogens (primary N) is 1. The fraction of sp³-hybridized carbons (Fsp3) is 0.933. The van der Waals surface area contributed by atoms with Gasteiger partial charge in [-0.05, 0) is 19.3 Å². The molecule has 54 heavy (non-hydrogen) atoms. The van der Waals surface area contributed by atoms with Gasteiger partial charge in [0.2, 0.25) is 5.91 Å². The molecule has 1 unspecified atom stereocenters. The van der Waals surface area contributed by atoms with E-state index >= 15 is 0 Å². The Morgan fingerprint density at radius 3 is 1.31 bits per heavy atom. The number of aliphatic hydroxyl groups excluding tert-OH is 1. The highest BCUT2D eigenvalue weighted by Crippen LogP contribution is 2.43. The molecule has 0 aromatic carbocycles. The Bertz CT molecular complexity index is 860. The number of allylic oxidation sites excluding steroid dienone is 1. The summed E-state index contributed by atoms with van der Waals surface area (Å²) in [6.07, 6.45) is 47.1. The molecule has 3 atom stereocenters. The summed E-state index contributed by atoms with van der Waals surface area (Å²) >= 11 is 0. The lowest BCUT2D eigenvalue weighted by Crippen LogP contribution is -2.45. The summed E-state index contributed by atoms with van der Waals surface area (Å²) in [5.74, 6) is -0.191. The summed E-state index contributed by atoms with van der Waals surface area (Å²) in [5, 5.41) is 13.6. The monoisotopic (exact) mass is 787 g/mol. The fourth-order valence-corrected chi connectivity index (χ4v) is 7.83. The quantitative estimate of drug-likeness (QED) is 0.0275. The number of carbonyl (C=O) groups is 1. The molecule has 0 saturated heterocycles. The number of carbonyl (C=O) groups excluding carboxylic acids is 1. The first-order valence-corrected chi connectivity index (χ1v) is 24.8. The average molecular weight is 787 g/mol. The first-order chi connectivity index (χ1) is 26.4. The maximum atomic E-state index is 12.7. The Balaban J connectivity index is 3.94. The largest absolute Gasteiger partial charge is 0.472 e. The lowest BCUT2D eigenvalue weighted by atomic mass is 10.0. The van der Waals surface area contributed by atoms with Gasteiger partial charge < -0.3 is 21.1 Å². The molecule has 5 N–H and O–H groups in total. The van der Waals surface area contributed by atoms with E-state index in [1.165, 1.54) is 180 Å². The van der Waals surface area contributed by atoms with Crippen molar-refractivity contribution in [3.05, 3.63) is 12.2 Å². The van der Waals surface area contributed by atoms with Crippen molar-refractivity contribution in [3.63, 3.8) is 0 Å². The average Bonchev–Trinajstić information content (AvgIpc) is 3.16. The summed E-state index contributed by atoms with van der Waals surface area (Å²) in [7, 11) is -4.33. The lowest BCUT2D eigenvalue weighted by molar-refractivity contribution is -0.123. The number of unbranched alkanes of at least 4 members (excludes halogenated alkanes) is 32. The molecule has 0 aromatic heterocycles. The van der Waals surface area contributed by atoms with Crippen LogP contribution in [0.1, 0.15) is 239 Å². The third-order valence-corrected chi connectivity index (χ3v) is 11.6. The van der Waals surface area contributed by atoms with Gasteiger partial charge in [-0.3, -0.25) is 13.8 Å². The van der Waals surface area contributed by atoms with Gasteiger partial charge in [0.1, 0.15) is 0 Å². The van der Waals surface area contributed by atoms with Gasteiger partial charge in [-0.1, -0.05) is 225 Å². The van der Waals surface area contributed by atoms with E-state index in [2.05, 4.69) is 19.2 Å². The normalized spacial score (nSPS) is 14.1. The second kappa shape index (κ2) is 41.9. The molecular formula is C45H91N2O6P. The van der Waals surface area contributed by atoms with Gasteiger partial charge in [-0.25, -0.2) is 4.57 Å². The number of amides is 1. The number of phosphoric ester groups is 1. The van der Waals surface area contributed by atoms with Crippen molar-refractivity contribution >= 4 is 13.7 Å².